The number of carbonyl (C=O) groups excluding carboxylic acids is 2. The van der Waals surface area contributed by atoms with Crippen LogP contribution < -0.4 is 5.32 Å². The topological polar surface area (TPSA) is 59.1 Å². The molecule has 1 N–H and O–H groups in total. The standard InChI is InChI=1S/C10H8N2O2S/c13-5-4-11-9(14)8-6-7-2-1-3-12-10(7)15-8/h1-3,5-6H,4H2,(H,11,14). The minimum Gasteiger partial charge on any atom is -0.345 e. The van der Waals surface area contributed by atoms with Crippen LogP contribution in [0.5, 0.6) is 0 Å². The van der Waals surface area contributed by atoms with Crippen LogP contribution in [-0.4, -0.2) is 23.7 Å². The first-order valence-corrected chi connectivity index (χ1v) is 5.19. The van der Waals surface area contributed by atoms with Crippen molar-refractivity contribution in [2.45, 2.75) is 0 Å². The number of rotatable bonds is 3. The maximum Gasteiger partial charge on any atom is 0.261 e. The molecule has 0 spiro atoms. The maximum atomic E-state index is 11.5. The second-order valence-electron chi connectivity index (χ2n) is 2.89. The average Bonchev–Trinajstić information content (AvgIpc) is 2.69. The zero-order chi connectivity index (χ0) is 10.7. The van der Waals surface area contributed by atoms with Crippen molar-refractivity contribution in [3.63, 3.8) is 0 Å². The number of aldehydes is 1. The van der Waals surface area contributed by atoms with Crippen molar-refractivity contribution in [3.05, 3.63) is 29.3 Å². The van der Waals surface area contributed by atoms with Crippen LogP contribution in [0.15, 0.2) is 24.4 Å². The molecule has 0 aliphatic rings. The van der Waals surface area contributed by atoms with E-state index in [4.69, 9.17) is 0 Å². The second kappa shape index (κ2) is 4.18. The van der Waals surface area contributed by atoms with Gasteiger partial charge in [0, 0.05) is 11.6 Å². The summed E-state index contributed by atoms with van der Waals surface area (Å²) in [6.07, 6.45) is 2.34. The highest BCUT2D eigenvalue weighted by Crippen LogP contribution is 2.22. The number of nitrogens with zero attached hydrogens (tertiary/aromatic N) is 1. The van der Waals surface area contributed by atoms with E-state index in [2.05, 4.69) is 10.3 Å². The van der Waals surface area contributed by atoms with Crippen molar-refractivity contribution in [1.29, 1.82) is 0 Å². The fraction of sp³-hybridized carbons (Fsp3) is 0.100. The van der Waals surface area contributed by atoms with Gasteiger partial charge in [-0.15, -0.1) is 11.3 Å². The Hall–Kier alpha value is -1.75. The number of nitrogens with one attached hydrogen (secondary N) is 1. The number of pyridine rings is 1. The minimum atomic E-state index is -0.231. The van der Waals surface area contributed by atoms with Gasteiger partial charge in [-0.3, -0.25) is 4.79 Å². The van der Waals surface area contributed by atoms with Crippen LogP contribution in [0.3, 0.4) is 0 Å². The van der Waals surface area contributed by atoms with Gasteiger partial charge in [-0.05, 0) is 12.1 Å². The molecule has 76 valence electrons. The van der Waals surface area contributed by atoms with E-state index in [1.54, 1.807) is 12.3 Å². The molecule has 5 heteroatoms. The van der Waals surface area contributed by atoms with Crippen LogP contribution in [0.2, 0.25) is 0 Å². The zero-order valence-corrected chi connectivity index (χ0v) is 8.58. The van der Waals surface area contributed by atoms with E-state index in [0.29, 0.717) is 11.2 Å². The Balaban J connectivity index is 2.28. The molecule has 0 fully saturated rings. The third-order valence-electron chi connectivity index (χ3n) is 1.86. The van der Waals surface area contributed by atoms with Gasteiger partial charge >= 0.3 is 0 Å². The average molecular weight is 220 g/mol. The molecule has 0 saturated carbocycles. The van der Waals surface area contributed by atoms with Crippen molar-refractivity contribution in [3.8, 4) is 0 Å². The van der Waals surface area contributed by atoms with E-state index < -0.39 is 0 Å². The van der Waals surface area contributed by atoms with Crippen molar-refractivity contribution in [1.82, 2.24) is 10.3 Å². The van der Waals surface area contributed by atoms with E-state index in [0.717, 1.165) is 10.2 Å². The van der Waals surface area contributed by atoms with Gasteiger partial charge in [-0.1, -0.05) is 6.07 Å². The van der Waals surface area contributed by atoms with Gasteiger partial charge in [0.25, 0.3) is 5.91 Å². The van der Waals surface area contributed by atoms with Gasteiger partial charge < -0.3 is 10.1 Å². The highest BCUT2D eigenvalue weighted by atomic mass is 32.1. The molecule has 0 unspecified atom stereocenters. The Morgan fingerprint density at radius 2 is 2.47 bits per heavy atom. The lowest BCUT2D eigenvalue weighted by Gasteiger charge is -1.95. The molecule has 0 aliphatic heterocycles. The molecular weight excluding hydrogens is 212 g/mol. The minimum absolute atomic E-state index is 0.0422. The van der Waals surface area contributed by atoms with E-state index in [-0.39, 0.29) is 12.5 Å². The molecular formula is C10H8N2O2S. The largest absolute Gasteiger partial charge is 0.345 e. The Morgan fingerprint density at radius 1 is 1.60 bits per heavy atom. The number of fused-ring (bicyclic) bond motifs is 1. The van der Waals surface area contributed by atoms with Gasteiger partial charge in [0.2, 0.25) is 0 Å². The lowest BCUT2D eigenvalue weighted by molar-refractivity contribution is -0.107. The first-order chi connectivity index (χ1) is 7.31. The molecule has 15 heavy (non-hydrogen) atoms. The number of hydrogen-bond donors (Lipinski definition) is 1. The predicted octanol–water partition coefficient (Wildman–Crippen LogP) is 1.23. The van der Waals surface area contributed by atoms with Crippen LogP contribution in [-0.2, 0) is 4.79 Å². The van der Waals surface area contributed by atoms with Crippen LogP contribution in [0.4, 0.5) is 0 Å². The molecule has 2 heterocycles. The summed E-state index contributed by atoms with van der Waals surface area (Å²) in [5, 5.41) is 3.43. The van der Waals surface area contributed by atoms with E-state index in [1.807, 2.05) is 12.1 Å². The fourth-order valence-corrected chi connectivity index (χ4v) is 2.12. The van der Waals surface area contributed by atoms with Gasteiger partial charge in [-0.25, -0.2) is 4.98 Å². The van der Waals surface area contributed by atoms with Crippen molar-refractivity contribution >= 4 is 33.7 Å². The summed E-state index contributed by atoms with van der Waals surface area (Å²) in [6, 6.07) is 5.49. The lowest BCUT2D eigenvalue weighted by atomic mass is 10.3. The predicted molar refractivity (Wildman–Crippen MR) is 58.0 cm³/mol. The fourth-order valence-electron chi connectivity index (χ4n) is 1.21. The Labute approximate surface area is 89.9 Å². The second-order valence-corrected chi connectivity index (χ2v) is 3.92. The van der Waals surface area contributed by atoms with E-state index in [1.165, 1.54) is 11.3 Å². The first-order valence-electron chi connectivity index (χ1n) is 4.37. The van der Waals surface area contributed by atoms with E-state index in [9.17, 15) is 9.59 Å². The van der Waals surface area contributed by atoms with Crippen LogP contribution in [0, 0.1) is 0 Å². The number of amides is 1. The van der Waals surface area contributed by atoms with Gasteiger partial charge in [0.15, 0.2) is 0 Å². The molecule has 0 atom stereocenters. The maximum absolute atomic E-state index is 11.5. The lowest BCUT2D eigenvalue weighted by Crippen LogP contribution is -2.24. The Kier molecular flexibility index (Phi) is 2.73. The molecule has 0 bridgehead atoms. The summed E-state index contributed by atoms with van der Waals surface area (Å²) in [7, 11) is 0. The number of aromatic nitrogens is 1. The van der Waals surface area contributed by atoms with Gasteiger partial charge in [0.1, 0.15) is 11.1 Å². The molecule has 0 aliphatic carbocycles. The highest BCUT2D eigenvalue weighted by molar-refractivity contribution is 7.20. The normalized spacial score (nSPS) is 10.1. The van der Waals surface area contributed by atoms with Crippen molar-refractivity contribution in [2.24, 2.45) is 0 Å². The monoisotopic (exact) mass is 220 g/mol. The quantitative estimate of drug-likeness (QED) is 0.791. The molecule has 2 aromatic rings. The third kappa shape index (κ3) is 2.02. The van der Waals surface area contributed by atoms with Crippen LogP contribution in [0.25, 0.3) is 10.2 Å². The van der Waals surface area contributed by atoms with Gasteiger partial charge in [-0.2, -0.15) is 0 Å². The molecule has 0 radical (unpaired) electrons. The van der Waals surface area contributed by atoms with Gasteiger partial charge in [0.05, 0.1) is 11.4 Å². The van der Waals surface area contributed by atoms with Crippen LogP contribution in [0.1, 0.15) is 9.67 Å². The Bertz CT molecular complexity index is 474. The number of carbonyl (C=O) groups is 2. The number of hydrogen-bond acceptors (Lipinski definition) is 4. The smallest absolute Gasteiger partial charge is 0.261 e. The Morgan fingerprint density at radius 3 is 3.20 bits per heavy atom. The zero-order valence-electron chi connectivity index (χ0n) is 7.77. The van der Waals surface area contributed by atoms with Crippen molar-refractivity contribution in [2.75, 3.05) is 6.54 Å². The van der Waals surface area contributed by atoms with Crippen molar-refractivity contribution < 1.29 is 9.59 Å². The molecule has 2 aromatic heterocycles. The highest BCUT2D eigenvalue weighted by Gasteiger charge is 2.09. The summed E-state index contributed by atoms with van der Waals surface area (Å²) < 4.78 is 0. The summed E-state index contributed by atoms with van der Waals surface area (Å²) in [4.78, 5) is 27.1. The molecule has 2 rings (SSSR count). The summed E-state index contributed by atoms with van der Waals surface area (Å²) >= 11 is 1.32. The summed E-state index contributed by atoms with van der Waals surface area (Å²) in [6.45, 7) is 0.0422. The van der Waals surface area contributed by atoms with E-state index >= 15 is 0 Å². The number of thiophene rings is 1. The third-order valence-corrected chi connectivity index (χ3v) is 2.92. The summed E-state index contributed by atoms with van der Waals surface area (Å²) in [5.74, 6) is -0.231. The molecule has 1 amide bonds. The molecule has 0 saturated heterocycles. The first kappa shape index (κ1) is 9.79. The molecule has 4 nitrogen and oxygen atoms in total. The summed E-state index contributed by atoms with van der Waals surface area (Å²) in [5.41, 5.74) is 0. The van der Waals surface area contributed by atoms with Crippen LogP contribution >= 0.6 is 11.3 Å². The molecule has 0 aromatic carbocycles. The SMILES string of the molecule is O=CCNC(=O)c1cc2cccnc2s1.